The molecule has 0 bridgehead atoms. The molecule has 0 saturated carbocycles. The lowest BCUT2D eigenvalue weighted by molar-refractivity contribution is 0.0844. The lowest BCUT2D eigenvalue weighted by Gasteiger charge is -2.28. The Morgan fingerprint density at radius 2 is 1.94 bits per heavy atom. The van der Waals surface area contributed by atoms with Gasteiger partial charge in [0, 0.05) is 24.1 Å². The Labute approximate surface area is 180 Å². The molecule has 1 heterocycles. The van der Waals surface area contributed by atoms with Gasteiger partial charge in [-0.05, 0) is 49.7 Å². The van der Waals surface area contributed by atoms with Crippen LogP contribution in [0.1, 0.15) is 53.3 Å². The van der Waals surface area contributed by atoms with Crippen LogP contribution in [-0.2, 0) is 6.54 Å². The van der Waals surface area contributed by atoms with Gasteiger partial charge in [0.05, 0.1) is 12.0 Å². The minimum absolute atomic E-state index is 0.0522. The Bertz CT molecular complexity index is 986. The van der Waals surface area contributed by atoms with Crippen LogP contribution < -0.4 is 4.74 Å². The highest BCUT2D eigenvalue weighted by Crippen LogP contribution is 2.44. The second kappa shape index (κ2) is 10.1. The third-order valence-corrected chi connectivity index (χ3v) is 5.32. The number of nitrogens with zero attached hydrogens (tertiary/aromatic N) is 4. The molecule has 3 rings (SSSR count). The topological polar surface area (TPSA) is 139 Å². The number of carbonyl (C=O) groups is 1. The summed E-state index contributed by atoms with van der Waals surface area (Å²) in [6.07, 6.45) is 2.08. The van der Waals surface area contributed by atoms with E-state index in [2.05, 4.69) is 10.0 Å². The molecule has 1 atom stereocenters. The number of ether oxygens (including phenoxy) is 1. The monoisotopic (exact) mass is 426 g/mol. The van der Waals surface area contributed by atoms with E-state index in [-0.39, 0.29) is 52.9 Å². The van der Waals surface area contributed by atoms with Gasteiger partial charge in [0.15, 0.2) is 5.78 Å². The van der Waals surface area contributed by atoms with Gasteiger partial charge < -0.3 is 25.0 Å². The zero-order valence-corrected chi connectivity index (χ0v) is 17.4. The van der Waals surface area contributed by atoms with Crippen molar-refractivity contribution in [2.75, 3.05) is 20.1 Å². The second-order valence-corrected chi connectivity index (χ2v) is 7.67. The van der Waals surface area contributed by atoms with Crippen molar-refractivity contribution < 1.29 is 24.9 Å². The molecule has 31 heavy (non-hydrogen) atoms. The summed E-state index contributed by atoms with van der Waals surface area (Å²) in [7, 11) is 1.87. The van der Waals surface area contributed by atoms with E-state index >= 15 is 0 Å². The van der Waals surface area contributed by atoms with Crippen LogP contribution >= 0.6 is 0 Å². The minimum Gasteiger partial charge on any atom is -0.508 e. The number of hydrogen-bond donors (Lipinski definition) is 3. The third-order valence-electron chi connectivity index (χ3n) is 5.32. The quantitative estimate of drug-likeness (QED) is 0.235. The normalized spacial score (nSPS) is 15.3. The standard InChI is InChI=1S/C22H26N4O5/c1-26(10-4-2-3-9-24-25-23)13-16-17(28)11-20-21(22(16)30)18(29)12-19(31-20)14-5-7-15(27)8-6-14/h5-8,11,19,27-28,30H,2-4,9-10,12-13H2,1H3. The summed E-state index contributed by atoms with van der Waals surface area (Å²) in [5.74, 6) is -0.386. The first-order valence-corrected chi connectivity index (χ1v) is 10.2. The highest BCUT2D eigenvalue weighted by atomic mass is 16.5. The average Bonchev–Trinajstić information content (AvgIpc) is 2.73. The summed E-state index contributed by atoms with van der Waals surface area (Å²) in [4.78, 5) is 17.5. The molecule has 164 valence electrons. The first-order valence-electron chi connectivity index (χ1n) is 10.2. The Kier molecular flexibility index (Phi) is 7.23. The summed E-state index contributed by atoms with van der Waals surface area (Å²) in [5.41, 5.74) is 9.37. The molecule has 3 N–H and O–H groups in total. The van der Waals surface area contributed by atoms with Gasteiger partial charge in [0.1, 0.15) is 34.7 Å². The molecule has 0 saturated heterocycles. The molecule has 2 aromatic rings. The van der Waals surface area contributed by atoms with Gasteiger partial charge in [0.2, 0.25) is 0 Å². The van der Waals surface area contributed by atoms with E-state index in [9.17, 15) is 20.1 Å². The SMILES string of the molecule is CN(CCCCCN=[N+]=[N-])Cc1c(O)cc2c(c1O)C(=O)CC(c1ccc(O)cc1)O2. The van der Waals surface area contributed by atoms with E-state index in [0.29, 0.717) is 6.54 Å². The van der Waals surface area contributed by atoms with Crippen molar-refractivity contribution in [3.8, 4) is 23.0 Å². The molecule has 0 amide bonds. The number of aromatic hydroxyl groups is 3. The van der Waals surface area contributed by atoms with Gasteiger partial charge in [0.25, 0.3) is 0 Å². The number of ketones is 1. The summed E-state index contributed by atoms with van der Waals surface area (Å²) in [6, 6.07) is 7.76. The summed E-state index contributed by atoms with van der Waals surface area (Å²) in [5, 5.41) is 34.2. The largest absolute Gasteiger partial charge is 0.508 e. The molecule has 1 aliphatic rings. The number of azide groups is 1. The molecule has 1 aliphatic heterocycles. The van der Waals surface area contributed by atoms with Gasteiger partial charge in [-0.1, -0.05) is 23.7 Å². The van der Waals surface area contributed by atoms with Crippen LogP contribution in [0, 0.1) is 0 Å². The zero-order chi connectivity index (χ0) is 22.4. The minimum atomic E-state index is -0.557. The highest BCUT2D eigenvalue weighted by Gasteiger charge is 2.32. The maximum absolute atomic E-state index is 12.8. The number of rotatable bonds is 9. The van der Waals surface area contributed by atoms with E-state index in [1.54, 1.807) is 12.1 Å². The van der Waals surface area contributed by atoms with E-state index in [1.165, 1.54) is 18.2 Å². The Morgan fingerprint density at radius 3 is 2.65 bits per heavy atom. The fourth-order valence-electron chi connectivity index (χ4n) is 3.67. The predicted octanol–water partition coefficient (Wildman–Crippen LogP) is 4.42. The fourth-order valence-corrected chi connectivity index (χ4v) is 3.67. The molecule has 0 aliphatic carbocycles. The molecule has 9 heteroatoms. The van der Waals surface area contributed by atoms with Gasteiger partial charge in [-0.3, -0.25) is 4.79 Å². The summed E-state index contributed by atoms with van der Waals surface area (Å²) < 4.78 is 5.89. The van der Waals surface area contributed by atoms with E-state index in [1.807, 2.05) is 11.9 Å². The van der Waals surface area contributed by atoms with Crippen molar-refractivity contribution in [3.05, 3.63) is 57.5 Å². The number of carbonyl (C=O) groups excluding carboxylic acids is 1. The first-order chi connectivity index (χ1) is 14.9. The van der Waals surface area contributed by atoms with Crippen molar-refractivity contribution in [1.29, 1.82) is 0 Å². The molecular formula is C22H26N4O5. The van der Waals surface area contributed by atoms with Crippen molar-refractivity contribution in [3.63, 3.8) is 0 Å². The Hall–Kier alpha value is -3.42. The molecule has 0 fully saturated rings. The van der Waals surface area contributed by atoms with Crippen LogP contribution in [0.15, 0.2) is 35.4 Å². The second-order valence-electron chi connectivity index (χ2n) is 7.67. The van der Waals surface area contributed by atoms with Gasteiger partial charge >= 0.3 is 0 Å². The molecule has 1 unspecified atom stereocenters. The van der Waals surface area contributed by atoms with E-state index < -0.39 is 6.10 Å². The fraction of sp³-hybridized carbons (Fsp3) is 0.409. The lowest BCUT2D eigenvalue weighted by Crippen LogP contribution is -2.22. The van der Waals surface area contributed by atoms with Gasteiger partial charge in [-0.2, -0.15) is 0 Å². The molecular weight excluding hydrogens is 400 g/mol. The Morgan fingerprint density at radius 1 is 1.19 bits per heavy atom. The van der Waals surface area contributed by atoms with Crippen molar-refractivity contribution in [2.45, 2.75) is 38.3 Å². The molecule has 2 aromatic carbocycles. The van der Waals surface area contributed by atoms with Crippen molar-refractivity contribution in [1.82, 2.24) is 4.90 Å². The predicted molar refractivity (Wildman–Crippen MR) is 114 cm³/mol. The Balaban J connectivity index is 1.70. The van der Waals surface area contributed by atoms with Crippen LogP contribution in [0.25, 0.3) is 10.4 Å². The number of fused-ring (bicyclic) bond motifs is 1. The third kappa shape index (κ3) is 5.39. The molecule has 0 aromatic heterocycles. The zero-order valence-electron chi connectivity index (χ0n) is 17.4. The number of hydrogen-bond acceptors (Lipinski definition) is 7. The molecule has 0 radical (unpaired) electrons. The highest BCUT2D eigenvalue weighted by molar-refractivity contribution is 6.03. The van der Waals surface area contributed by atoms with Crippen LogP contribution in [0.3, 0.4) is 0 Å². The number of Topliss-reactive ketones (excluding diaryl/α,β-unsaturated/α-hetero) is 1. The average molecular weight is 426 g/mol. The maximum atomic E-state index is 12.8. The summed E-state index contributed by atoms with van der Waals surface area (Å²) >= 11 is 0. The lowest BCUT2D eigenvalue weighted by atomic mass is 9.93. The molecule has 0 spiro atoms. The number of benzene rings is 2. The molecule has 9 nitrogen and oxygen atoms in total. The van der Waals surface area contributed by atoms with E-state index in [0.717, 1.165) is 31.4 Å². The summed E-state index contributed by atoms with van der Waals surface area (Å²) in [6.45, 7) is 1.47. The first kappa shape index (κ1) is 22.3. The number of phenols is 3. The van der Waals surface area contributed by atoms with Gasteiger partial charge in [-0.25, -0.2) is 0 Å². The smallest absolute Gasteiger partial charge is 0.174 e. The number of phenolic OH excluding ortho intramolecular Hbond substituents is 3. The van der Waals surface area contributed by atoms with Crippen molar-refractivity contribution in [2.24, 2.45) is 5.11 Å². The van der Waals surface area contributed by atoms with Crippen LogP contribution in [0.2, 0.25) is 0 Å². The number of unbranched alkanes of at least 4 members (excludes halogenated alkanes) is 2. The van der Waals surface area contributed by atoms with Crippen molar-refractivity contribution >= 4 is 5.78 Å². The van der Waals surface area contributed by atoms with Crippen LogP contribution in [0.4, 0.5) is 0 Å². The van der Waals surface area contributed by atoms with Gasteiger partial charge in [-0.15, -0.1) is 0 Å². The van der Waals surface area contributed by atoms with Crippen LogP contribution in [0.5, 0.6) is 23.0 Å². The van der Waals surface area contributed by atoms with E-state index in [4.69, 9.17) is 10.3 Å². The maximum Gasteiger partial charge on any atom is 0.174 e. The van der Waals surface area contributed by atoms with Crippen LogP contribution in [-0.4, -0.2) is 46.1 Å².